The zero-order valence-electron chi connectivity index (χ0n) is 18.4. The number of fused-ring (bicyclic) bond motifs is 3. The van der Waals surface area contributed by atoms with Crippen LogP contribution in [-0.2, 0) is 11.2 Å². The summed E-state index contributed by atoms with van der Waals surface area (Å²) in [4.78, 5) is 2.54. The lowest BCUT2D eigenvalue weighted by Crippen LogP contribution is -2.47. The number of benzene rings is 1. The Hall–Kier alpha value is -1.47. The molecular weight excluding hydrogens is 395 g/mol. The van der Waals surface area contributed by atoms with Crippen molar-refractivity contribution in [3.8, 4) is 11.5 Å². The largest absolute Gasteiger partial charge is 0.493 e. The summed E-state index contributed by atoms with van der Waals surface area (Å²) in [6, 6.07) is 4.39. The molecule has 7 heteroatoms. The molecule has 2 heterocycles. The van der Waals surface area contributed by atoms with Crippen LogP contribution in [0.3, 0.4) is 0 Å². The number of piperidine rings is 1. The molecule has 0 unspecified atom stereocenters. The topological polar surface area (TPSA) is 30.9 Å². The lowest BCUT2D eigenvalue weighted by atomic mass is 9.74. The molecule has 0 radical (unpaired) electrons. The van der Waals surface area contributed by atoms with Gasteiger partial charge in [-0.25, -0.2) is 0 Å². The maximum Gasteiger partial charge on any atom is 0.391 e. The van der Waals surface area contributed by atoms with Gasteiger partial charge in [0.25, 0.3) is 0 Å². The van der Waals surface area contributed by atoms with Gasteiger partial charge in [0.05, 0.1) is 27.2 Å². The van der Waals surface area contributed by atoms with Crippen molar-refractivity contribution < 1.29 is 27.4 Å². The van der Waals surface area contributed by atoms with E-state index in [9.17, 15) is 13.2 Å². The third kappa shape index (κ3) is 5.61. The van der Waals surface area contributed by atoms with Crippen LogP contribution in [0.5, 0.6) is 11.5 Å². The molecule has 4 nitrogen and oxygen atoms in total. The highest BCUT2D eigenvalue weighted by Gasteiger charge is 2.39. The first-order valence-corrected chi connectivity index (χ1v) is 10.8. The summed E-state index contributed by atoms with van der Waals surface area (Å²) >= 11 is 0. The van der Waals surface area contributed by atoms with Crippen LogP contribution in [0, 0.1) is 17.8 Å². The predicted octanol–water partition coefficient (Wildman–Crippen LogP) is 5.25. The molecule has 0 amide bonds. The van der Waals surface area contributed by atoms with E-state index in [2.05, 4.69) is 30.9 Å². The van der Waals surface area contributed by atoms with E-state index in [-0.39, 0.29) is 18.6 Å². The van der Waals surface area contributed by atoms with E-state index in [1.807, 2.05) is 0 Å². The maximum absolute atomic E-state index is 12.5. The zero-order valence-corrected chi connectivity index (χ0v) is 18.4. The summed E-state index contributed by atoms with van der Waals surface area (Å²) in [6.07, 6.45) is -2.13. The summed E-state index contributed by atoms with van der Waals surface area (Å²) < 4.78 is 54.0. The minimum atomic E-state index is -4.17. The van der Waals surface area contributed by atoms with Gasteiger partial charge in [0.1, 0.15) is 0 Å². The van der Waals surface area contributed by atoms with Gasteiger partial charge in [-0.1, -0.05) is 13.8 Å². The standard InChI is InChI=1S/C23H34F3NO3/c1-15(2)9-17-13-27-7-5-16-11-21(28-3)22(29-4)12-19(16)20(27)10-18(17)14-30-8-6-23(24,25)26/h11-12,15,17-18,20H,5-10,13-14H2,1-4H3/t17-,18+,20-/m1/s1. The van der Waals surface area contributed by atoms with Crippen molar-refractivity contribution in [3.63, 3.8) is 0 Å². The van der Waals surface area contributed by atoms with Gasteiger partial charge < -0.3 is 14.2 Å². The van der Waals surface area contributed by atoms with Crippen molar-refractivity contribution in [3.05, 3.63) is 23.3 Å². The number of alkyl halides is 3. The normalized spacial score (nSPS) is 24.5. The number of nitrogens with zero attached hydrogens (tertiary/aromatic N) is 1. The summed E-state index contributed by atoms with van der Waals surface area (Å²) in [6.45, 7) is 6.49. The first-order chi connectivity index (χ1) is 14.2. The lowest BCUT2D eigenvalue weighted by Gasteiger charge is -2.47. The number of halogens is 3. The first kappa shape index (κ1) is 23.2. The van der Waals surface area contributed by atoms with E-state index in [1.54, 1.807) is 14.2 Å². The lowest BCUT2D eigenvalue weighted by molar-refractivity contribution is -0.147. The Labute approximate surface area is 177 Å². The molecule has 0 saturated carbocycles. The monoisotopic (exact) mass is 429 g/mol. The van der Waals surface area contributed by atoms with Crippen LogP contribution < -0.4 is 9.47 Å². The smallest absolute Gasteiger partial charge is 0.391 e. The van der Waals surface area contributed by atoms with E-state index >= 15 is 0 Å². The maximum atomic E-state index is 12.5. The number of rotatable bonds is 8. The van der Waals surface area contributed by atoms with Crippen molar-refractivity contribution in [2.45, 2.75) is 51.7 Å². The fourth-order valence-electron chi connectivity index (χ4n) is 5.00. The Morgan fingerprint density at radius 2 is 1.80 bits per heavy atom. The summed E-state index contributed by atoms with van der Waals surface area (Å²) in [7, 11) is 3.28. The van der Waals surface area contributed by atoms with Crippen LogP contribution in [0.1, 0.15) is 50.3 Å². The molecule has 0 aromatic heterocycles. The second-order valence-electron chi connectivity index (χ2n) is 8.99. The van der Waals surface area contributed by atoms with Crippen molar-refractivity contribution in [1.29, 1.82) is 0 Å². The van der Waals surface area contributed by atoms with Crippen LogP contribution in [-0.4, -0.2) is 51.6 Å². The first-order valence-electron chi connectivity index (χ1n) is 10.8. The van der Waals surface area contributed by atoms with Crippen LogP contribution in [0.25, 0.3) is 0 Å². The van der Waals surface area contributed by atoms with Gasteiger partial charge in [-0.3, -0.25) is 4.90 Å². The van der Waals surface area contributed by atoms with Gasteiger partial charge in [0.15, 0.2) is 11.5 Å². The van der Waals surface area contributed by atoms with E-state index in [1.165, 1.54) is 11.1 Å². The van der Waals surface area contributed by atoms with Gasteiger partial charge in [-0.05, 0) is 60.3 Å². The number of methoxy groups -OCH3 is 2. The molecule has 2 aliphatic heterocycles. The fourth-order valence-corrected chi connectivity index (χ4v) is 5.00. The van der Waals surface area contributed by atoms with Crippen molar-refractivity contribution in [2.24, 2.45) is 17.8 Å². The summed E-state index contributed by atoms with van der Waals surface area (Å²) in [5.41, 5.74) is 2.52. The minimum Gasteiger partial charge on any atom is -0.493 e. The molecule has 3 atom stereocenters. The van der Waals surface area contributed by atoms with Crippen molar-refractivity contribution >= 4 is 0 Å². The Balaban J connectivity index is 1.77. The van der Waals surface area contributed by atoms with Gasteiger partial charge in [0, 0.05) is 25.7 Å². The molecule has 1 fully saturated rings. The molecule has 2 aliphatic rings. The van der Waals surface area contributed by atoms with Gasteiger partial charge in [0.2, 0.25) is 0 Å². The van der Waals surface area contributed by atoms with Crippen molar-refractivity contribution in [1.82, 2.24) is 4.90 Å². The molecule has 30 heavy (non-hydrogen) atoms. The molecule has 1 aromatic rings. The third-order valence-electron chi connectivity index (χ3n) is 6.41. The minimum absolute atomic E-state index is 0.244. The van der Waals surface area contributed by atoms with E-state index in [0.29, 0.717) is 18.4 Å². The fraction of sp³-hybridized carbons (Fsp3) is 0.739. The average molecular weight is 430 g/mol. The van der Waals surface area contributed by atoms with Crippen LogP contribution in [0.2, 0.25) is 0 Å². The molecule has 0 N–H and O–H groups in total. The SMILES string of the molecule is COc1cc2c(cc1OC)[C@H]1C[C@@H](COCCC(F)(F)F)[C@H](CC(C)C)CN1CC2. The molecule has 3 rings (SSSR count). The summed E-state index contributed by atoms with van der Waals surface area (Å²) in [5.74, 6) is 2.70. The molecular formula is C23H34F3NO3. The molecule has 0 bridgehead atoms. The van der Waals surface area contributed by atoms with E-state index in [4.69, 9.17) is 14.2 Å². The average Bonchev–Trinajstić information content (AvgIpc) is 2.69. The predicted molar refractivity (Wildman–Crippen MR) is 110 cm³/mol. The Morgan fingerprint density at radius 1 is 1.10 bits per heavy atom. The Morgan fingerprint density at radius 3 is 2.43 bits per heavy atom. The van der Waals surface area contributed by atoms with Crippen LogP contribution >= 0.6 is 0 Å². The molecule has 1 aromatic carbocycles. The molecule has 0 aliphatic carbocycles. The number of hydrogen-bond donors (Lipinski definition) is 0. The van der Waals surface area contributed by atoms with Gasteiger partial charge >= 0.3 is 6.18 Å². The Kier molecular flexibility index (Phi) is 7.56. The second-order valence-corrected chi connectivity index (χ2v) is 8.99. The number of ether oxygens (including phenoxy) is 3. The highest BCUT2D eigenvalue weighted by Crippen LogP contribution is 2.45. The zero-order chi connectivity index (χ0) is 21.9. The molecule has 0 spiro atoms. The van der Waals surface area contributed by atoms with Gasteiger partial charge in [-0.15, -0.1) is 0 Å². The van der Waals surface area contributed by atoms with Crippen molar-refractivity contribution in [2.75, 3.05) is 40.5 Å². The van der Waals surface area contributed by atoms with Crippen LogP contribution in [0.15, 0.2) is 12.1 Å². The molecule has 170 valence electrons. The molecule has 1 saturated heterocycles. The highest BCUT2D eigenvalue weighted by molar-refractivity contribution is 5.49. The Bertz CT molecular complexity index is 708. The van der Waals surface area contributed by atoms with E-state index in [0.717, 1.165) is 43.9 Å². The van der Waals surface area contributed by atoms with Gasteiger partial charge in [-0.2, -0.15) is 13.2 Å². The van der Waals surface area contributed by atoms with E-state index < -0.39 is 12.6 Å². The third-order valence-corrected chi connectivity index (χ3v) is 6.41. The quantitative estimate of drug-likeness (QED) is 0.528. The van der Waals surface area contributed by atoms with Crippen LogP contribution in [0.4, 0.5) is 13.2 Å². The summed E-state index contributed by atoms with van der Waals surface area (Å²) in [5, 5.41) is 0. The highest BCUT2D eigenvalue weighted by atomic mass is 19.4. The second kappa shape index (κ2) is 9.77. The number of hydrogen-bond acceptors (Lipinski definition) is 4.